The van der Waals surface area contributed by atoms with Gasteiger partial charge in [0.1, 0.15) is 0 Å². The zero-order chi connectivity index (χ0) is 12.5. The van der Waals surface area contributed by atoms with Gasteiger partial charge in [0, 0.05) is 30.9 Å². The standard InChI is InChI=1S/C14H18N2O2/c1-10-9-16(6-7-18-10)14(17)12-2-3-13-11(8-12)4-5-15-13/h2-3,8,10,15H,4-7,9H2,1H3. The minimum absolute atomic E-state index is 0.125. The van der Waals surface area contributed by atoms with Crippen LogP contribution in [0, 0.1) is 0 Å². The molecule has 2 heterocycles. The highest BCUT2D eigenvalue weighted by Gasteiger charge is 2.23. The maximum absolute atomic E-state index is 12.4. The molecule has 4 nitrogen and oxygen atoms in total. The molecule has 0 aromatic heterocycles. The van der Waals surface area contributed by atoms with Crippen molar-refractivity contribution in [3.8, 4) is 0 Å². The fourth-order valence-electron chi connectivity index (χ4n) is 2.62. The first-order valence-corrected chi connectivity index (χ1v) is 6.52. The van der Waals surface area contributed by atoms with Crippen molar-refractivity contribution in [2.24, 2.45) is 0 Å². The Labute approximate surface area is 107 Å². The summed E-state index contributed by atoms with van der Waals surface area (Å²) in [5.41, 5.74) is 3.22. The zero-order valence-electron chi connectivity index (χ0n) is 10.6. The molecule has 0 radical (unpaired) electrons. The SMILES string of the molecule is CC1CN(C(=O)c2ccc3c(c2)CCN3)CCO1. The summed E-state index contributed by atoms with van der Waals surface area (Å²) in [6, 6.07) is 5.96. The van der Waals surface area contributed by atoms with Crippen molar-refractivity contribution in [1.29, 1.82) is 0 Å². The van der Waals surface area contributed by atoms with Crippen molar-refractivity contribution in [1.82, 2.24) is 4.90 Å². The van der Waals surface area contributed by atoms with Crippen molar-refractivity contribution in [3.05, 3.63) is 29.3 Å². The van der Waals surface area contributed by atoms with Gasteiger partial charge in [-0.1, -0.05) is 0 Å². The number of amides is 1. The summed E-state index contributed by atoms with van der Waals surface area (Å²) in [7, 11) is 0. The van der Waals surface area contributed by atoms with E-state index in [4.69, 9.17) is 4.74 Å². The molecule has 0 aliphatic carbocycles. The molecule has 1 aromatic carbocycles. The molecule has 0 bridgehead atoms. The van der Waals surface area contributed by atoms with Crippen LogP contribution >= 0.6 is 0 Å². The molecule has 0 saturated carbocycles. The molecule has 0 spiro atoms. The second-order valence-corrected chi connectivity index (χ2v) is 4.98. The van der Waals surface area contributed by atoms with E-state index in [1.54, 1.807) is 0 Å². The van der Waals surface area contributed by atoms with Crippen LogP contribution < -0.4 is 5.32 Å². The minimum atomic E-state index is 0.125. The molecule has 96 valence electrons. The number of carbonyl (C=O) groups is 1. The molecule has 1 N–H and O–H groups in total. The third-order valence-electron chi connectivity index (χ3n) is 3.59. The topological polar surface area (TPSA) is 41.6 Å². The fraction of sp³-hybridized carbons (Fsp3) is 0.500. The number of anilines is 1. The Morgan fingerprint density at radius 2 is 2.39 bits per heavy atom. The number of morpholine rings is 1. The summed E-state index contributed by atoms with van der Waals surface area (Å²) in [6.07, 6.45) is 1.15. The van der Waals surface area contributed by atoms with Gasteiger partial charge in [-0.25, -0.2) is 0 Å². The second kappa shape index (κ2) is 4.61. The number of carbonyl (C=O) groups excluding carboxylic acids is 1. The predicted octanol–water partition coefficient (Wildman–Crippen LogP) is 1.52. The van der Waals surface area contributed by atoms with E-state index >= 15 is 0 Å². The Balaban J connectivity index is 1.79. The number of nitrogens with one attached hydrogen (secondary N) is 1. The highest BCUT2D eigenvalue weighted by atomic mass is 16.5. The average molecular weight is 246 g/mol. The largest absolute Gasteiger partial charge is 0.384 e. The molecule has 1 atom stereocenters. The molecule has 4 heteroatoms. The maximum Gasteiger partial charge on any atom is 0.254 e. The van der Waals surface area contributed by atoms with E-state index in [2.05, 4.69) is 5.32 Å². The summed E-state index contributed by atoms with van der Waals surface area (Å²) >= 11 is 0. The summed E-state index contributed by atoms with van der Waals surface area (Å²) in [4.78, 5) is 14.3. The predicted molar refractivity (Wildman–Crippen MR) is 70.0 cm³/mol. The van der Waals surface area contributed by atoms with E-state index < -0.39 is 0 Å². The number of rotatable bonds is 1. The van der Waals surface area contributed by atoms with Crippen LogP contribution in [0.15, 0.2) is 18.2 Å². The Bertz CT molecular complexity index is 473. The number of nitrogens with zero attached hydrogens (tertiary/aromatic N) is 1. The summed E-state index contributed by atoms with van der Waals surface area (Å²) in [5.74, 6) is 0.125. The van der Waals surface area contributed by atoms with Gasteiger partial charge in [-0.15, -0.1) is 0 Å². The van der Waals surface area contributed by atoms with Gasteiger partial charge in [-0.2, -0.15) is 0 Å². The van der Waals surface area contributed by atoms with Crippen molar-refractivity contribution in [3.63, 3.8) is 0 Å². The smallest absolute Gasteiger partial charge is 0.254 e. The van der Waals surface area contributed by atoms with E-state index in [1.807, 2.05) is 30.0 Å². The van der Waals surface area contributed by atoms with Crippen molar-refractivity contribution in [2.45, 2.75) is 19.4 Å². The Morgan fingerprint density at radius 3 is 3.22 bits per heavy atom. The lowest BCUT2D eigenvalue weighted by Gasteiger charge is -2.31. The lowest BCUT2D eigenvalue weighted by atomic mass is 10.1. The number of benzene rings is 1. The molecular weight excluding hydrogens is 228 g/mol. The van der Waals surface area contributed by atoms with Gasteiger partial charge < -0.3 is 15.0 Å². The van der Waals surface area contributed by atoms with Gasteiger partial charge in [0.2, 0.25) is 0 Å². The molecule has 2 aliphatic rings. The van der Waals surface area contributed by atoms with Crippen LogP contribution in [0.2, 0.25) is 0 Å². The van der Waals surface area contributed by atoms with Gasteiger partial charge in [-0.05, 0) is 37.1 Å². The Hall–Kier alpha value is -1.55. The first-order valence-electron chi connectivity index (χ1n) is 6.52. The molecular formula is C14H18N2O2. The van der Waals surface area contributed by atoms with Crippen molar-refractivity contribution >= 4 is 11.6 Å². The lowest BCUT2D eigenvalue weighted by molar-refractivity contribution is -0.0124. The van der Waals surface area contributed by atoms with Crippen LogP contribution in [0.5, 0.6) is 0 Å². The third-order valence-corrected chi connectivity index (χ3v) is 3.59. The van der Waals surface area contributed by atoms with E-state index in [0.29, 0.717) is 19.7 Å². The minimum Gasteiger partial charge on any atom is -0.384 e. The van der Waals surface area contributed by atoms with Gasteiger partial charge in [-0.3, -0.25) is 4.79 Å². The van der Waals surface area contributed by atoms with Gasteiger partial charge in [0.05, 0.1) is 12.7 Å². The molecule has 3 rings (SSSR count). The first-order chi connectivity index (χ1) is 8.74. The molecule has 1 amide bonds. The fourth-order valence-corrected chi connectivity index (χ4v) is 2.62. The molecule has 18 heavy (non-hydrogen) atoms. The molecule has 1 fully saturated rings. The summed E-state index contributed by atoms with van der Waals surface area (Å²) < 4.78 is 5.46. The van der Waals surface area contributed by atoms with Crippen LogP contribution in [-0.2, 0) is 11.2 Å². The van der Waals surface area contributed by atoms with E-state index in [-0.39, 0.29) is 12.0 Å². The van der Waals surface area contributed by atoms with Gasteiger partial charge in [0.15, 0.2) is 0 Å². The second-order valence-electron chi connectivity index (χ2n) is 4.98. The van der Waals surface area contributed by atoms with Gasteiger partial charge in [0.25, 0.3) is 5.91 Å². The monoisotopic (exact) mass is 246 g/mol. The van der Waals surface area contributed by atoms with Gasteiger partial charge >= 0.3 is 0 Å². The Kier molecular flexibility index (Phi) is 2.96. The third kappa shape index (κ3) is 2.08. The van der Waals surface area contributed by atoms with Crippen LogP contribution in [0.25, 0.3) is 0 Å². The summed E-state index contributed by atoms with van der Waals surface area (Å²) in [5, 5.41) is 3.31. The highest BCUT2D eigenvalue weighted by molar-refractivity contribution is 5.95. The van der Waals surface area contributed by atoms with Crippen molar-refractivity contribution in [2.75, 3.05) is 31.6 Å². The highest BCUT2D eigenvalue weighted by Crippen LogP contribution is 2.24. The zero-order valence-corrected chi connectivity index (χ0v) is 10.6. The number of hydrogen-bond donors (Lipinski definition) is 1. The molecule has 1 unspecified atom stereocenters. The van der Waals surface area contributed by atoms with E-state index in [0.717, 1.165) is 18.5 Å². The van der Waals surface area contributed by atoms with Crippen LogP contribution in [0.3, 0.4) is 0 Å². The van der Waals surface area contributed by atoms with E-state index in [1.165, 1.54) is 11.3 Å². The van der Waals surface area contributed by atoms with Crippen LogP contribution in [-0.4, -0.2) is 43.2 Å². The average Bonchev–Trinajstić information content (AvgIpc) is 2.85. The molecule has 1 saturated heterocycles. The normalized spacial score (nSPS) is 22.5. The van der Waals surface area contributed by atoms with Crippen LogP contribution in [0.4, 0.5) is 5.69 Å². The van der Waals surface area contributed by atoms with E-state index in [9.17, 15) is 4.79 Å². The first kappa shape index (κ1) is 11.5. The quantitative estimate of drug-likeness (QED) is 0.816. The number of ether oxygens (including phenoxy) is 1. The molecule has 2 aliphatic heterocycles. The molecule has 1 aromatic rings. The van der Waals surface area contributed by atoms with Crippen molar-refractivity contribution < 1.29 is 9.53 Å². The Morgan fingerprint density at radius 1 is 1.50 bits per heavy atom. The number of fused-ring (bicyclic) bond motifs is 1. The summed E-state index contributed by atoms with van der Waals surface area (Å²) in [6.45, 7) is 5.00. The van der Waals surface area contributed by atoms with Crippen LogP contribution in [0.1, 0.15) is 22.8 Å². The number of hydrogen-bond acceptors (Lipinski definition) is 3. The lowest BCUT2D eigenvalue weighted by Crippen LogP contribution is -2.44. The maximum atomic E-state index is 12.4.